The van der Waals surface area contributed by atoms with Crippen LogP contribution < -0.4 is 10.1 Å². The lowest BCUT2D eigenvalue weighted by atomic mass is 10.2. The van der Waals surface area contributed by atoms with E-state index in [1.807, 2.05) is 19.3 Å². The Morgan fingerprint density at radius 2 is 2.21 bits per heavy atom. The second kappa shape index (κ2) is 6.33. The predicted molar refractivity (Wildman–Crippen MR) is 71.6 cm³/mol. The smallest absolute Gasteiger partial charge is 0.169 e. The highest BCUT2D eigenvalue weighted by molar-refractivity contribution is 5.30. The first-order chi connectivity index (χ1) is 9.20. The van der Waals surface area contributed by atoms with Crippen molar-refractivity contribution in [3.05, 3.63) is 47.5 Å². The van der Waals surface area contributed by atoms with Crippen LogP contribution in [0.2, 0.25) is 0 Å². The highest BCUT2D eigenvalue weighted by Gasteiger charge is 2.07. The topological polar surface area (TPSA) is 39.1 Å². The summed E-state index contributed by atoms with van der Waals surface area (Å²) < 4.78 is 20.6. The number of ether oxygens (including phenoxy) is 1. The van der Waals surface area contributed by atoms with Crippen LogP contribution in [0.4, 0.5) is 4.39 Å². The molecule has 1 heterocycles. The number of hydrogen-bond acceptors (Lipinski definition) is 3. The number of benzene rings is 1. The maximum Gasteiger partial charge on any atom is 0.169 e. The van der Waals surface area contributed by atoms with E-state index in [2.05, 4.69) is 10.4 Å². The van der Waals surface area contributed by atoms with Crippen LogP contribution in [0.1, 0.15) is 11.3 Å². The minimum atomic E-state index is -0.296. The normalized spacial score (nSPS) is 10.7. The zero-order chi connectivity index (χ0) is 13.7. The van der Waals surface area contributed by atoms with E-state index < -0.39 is 0 Å². The van der Waals surface area contributed by atoms with Gasteiger partial charge in [-0.3, -0.25) is 4.68 Å². The van der Waals surface area contributed by atoms with Crippen LogP contribution in [0.15, 0.2) is 30.5 Å². The molecule has 2 aromatic rings. The molecule has 0 saturated heterocycles. The van der Waals surface area contributed by atoms with Crippen molar-refractivity contribution in [3.8, 4) is 5.75 Å². The minimum Gasteiger partial charge on any atom is -0.494 e. The van der Waals surface area contributed by atoms with Gasteiger partial charge in [0.2, 0.25) is 0 Å². The summed E-state index contributed by atoms with van der Waals surface area (Å²) in [6.45, 7) is 1.24. The van der Waals surface area contributed by atoms with Crippen molar-refractivity contribution in [2.45, 2.75) is 13.0 Å². The lowest BCUT2D eigenvalue weighted by Crippen LogP contribution is -2.18. The molecule has 0 unspecified atom stereocenters. The van der Waals surface area contributed by atoms with Crippen molar-refractivity contribution >= 4 is 0 Å². The lowest BCUT2D eigenvalue weighted by Gasteiger charge is -2.08. The fraction of sp³-hybridized carbons (Fsp3) is 0.357. The summed E-state index contributed by atoms with van der Waals surface area (Å²) in [5, 5.41) is 7.49. The van der Waals surface area contributed by atoms with Crippen LogP contribution in [0.5, 0.6) is 5.75 Å². The van der Waals surface area contributed by atoms with Gasteiger partial charge in [0.1, 0.15) is 0 Å². The summed E-state index contributed by atoms with van der Waals surface area (Å²) in [6.07, 6.45) is 2.74. The molecule has 0 aliphatic carbocycles. The van der Waals surface area contributed by atoms with Crippen LogP contribution in [0, 0.1) is 5.82 Å². The summed E-state index contributed by atoms with van der Waals surface area (Å²) >= 11 is 0. The van der Waals surface area contributed by atoms with Crippen LogP contribution >= 0.6 is 0 Å². The van der Waals surface area contributed by atoms with Crippen molar-refractivity contribution < 1.29 is 9.13 Å². The van der Waals surface area contributed by atoms with E-state index in [1.165, 1.54) is 7.11 Å². The third kappa shape index (κ3) is 3.54. The Hall–Kier alpha value is -1.88. The maximum atomic E-state index is 13.8. The van der Waals surface area contributed by atoms with Crippen LogP contribution in [-0.2, 0) is 20.0 Å². The summed E-state index contributed by atoms with van der Waals surface area (Å²) in [5.41, 5.74) is 1.64. The third-order valence-electron chi connectivity index (χ3n) is 2.91. The Morgan fingerprint density at radius 1 is 1.37 bits per heavy atom. The van der Waals surface area contributed by atoms with Crippen molar-refractivity contribution in [3.63, 3.8) is 0 Å². The van der Waals surface area contributed by atoms with Gasteiger partial charge in [-0.15, -0.1) is 0 Å². The van der Waals surface area contributed by atoms with E-state index in [1.54, 1.807) is 22.9 Å². The molecule has 2 rings (SSSR count). The van der Waals surface area contributed by atoms with Crippen LogP contribution in [-0.4, -0.2) is 23.4 Å². The maximum absolute atomic E-state index is 13.8. The SMILES string of the molecule is COc1cccc(CNCCc2ccn(C)n2)c1F. The van der Waals surface area contributed by atoms with Gasteiger partial charge in [0.25, 0.3) is 0 Å². The van der Waals surface area contributed by atoms with Gasteiger partial charge in [-0.05, 0) is 12.1 Å². The monoisotopic (exact) mass is 263 g/mol. The number of nitrogens with one attached hydrogen (secondary N) is 1. The van der Waals surface area contributed by atoms with Crippen LogP contribution in [0.3, 0.4) is 0 Å². The average Bonchev–Trinajstić information content (AvgIpc) is 2.82. The number of hydrogen-bond donors (Lipinski definition) is 1. The quantitative estimate of drug-likeness (QED) is 0.809. The van der Waals surface area contributed by atoms with Gasteiger partial charge in [-0.2, -0.15) is 5.10 Å². The summed E-state index contributed by atoms with van der Waals surface area (Å²) in [6, 6.07) is 7.14. The van der Waals surface area contributed by atoms with E-state index in [0.29, 0.717) is 12.1 Å². The summed E-state index contributed by atoms with van der Waals surface area (Å²) in [7, 11) is 3.36. The number of halogens is 1. The molecule has 102 valence electrons. The molecule has 0 radical (unpaired) electrons. The first-order valence-electron chi connectivity index (χ1n) is 6.21. The van der Waals surface area contributed by atoms with E-state index >= 15 is 0 Å². The lowest BCUT2D eigenvalue weighted by molar-refractivity contribution is 0.383. The largest absolute Gasteiger partial charge is 0.494 e. The second-order valence-electron chi connectivity index (χ2n) is 4.34. The van der Waals surface area contributed by atoms with Gasteiger partial charge in [0.15, 0.2) is 11.6 Å². The molecule has 1 aromatic carbocycles. The highest BCUT2D eigenvalue weighted by Crippen LogP contribution is 2.19. The molecule has 0 atom stereocenters. The second-order valence-corrected chi connectivity index (χ2v) is 4.34. The summed E-state index contributed by atoms with van der Waals surface area (Å²) in [5.74, 6) is -0.0145. The van der Waals surface area contributed by atoms with Crippen LogP contribution in [0.25, 0.3) is 0 Å². The predicted octanol–water partition coefficient (Wildman–Crippen LogP) is 1.90. The Morgan fingerprint density at radius 3 is 2.89 bits per heavy atom. The fourth-order valence-electron chi connectivity index (χ4n) is 1.89. The third-order valence-corrected chi connectivity index (χ3v) is 2.91. The first kappa shape index (κ1) is 13.5. The Labute approximate surface area is 112 Å². The molecule has 19 heavy (non-hydrogen) atoms. The van der Waals surface area contributed by atoms with E-state index in [9.17, 15) is 4.39 Å². The van der Waals surface area contributed by atoms with Gasteiger partial charge in [0.05, 0.1) is 12.8 Å². The average molecular weight is 263 g/mol. The first-order valence-corrected chi connectivity index (χ1v) is 6.21. The fourth-order valence-corrected chi connectivity index (χ4v) is 1.89. The number of aromatic nitrogens is 2. The molecule has 0 saturated carbocycles. The van der Waals surface area contributed by atoms with Gasteiger partial charge in [0, 0.05) is 38.3 Å². The van der Waals surface area contributed by atoms with E-state index in [-0.39, 0.29) is 11.6 Å². The van der Waals surface area contributed by atoms with Gasteiger partial charge < -0.3 is 10.1 Å². The molecule has 0 amide bonds. The standard InChI is InChI=1S/C14H18FN3O/c1-18-9-7-12(17-18)6-8-16-10-11-4-3-5-13(19-2)14(11)15/h3-5,7,9,16H,6,8,10H2,1-2H3. The van der Waals surface area contributed by atoms with Gasteiger partial charge >= 0.3 is 0 Å². The number of aryl methyl sites for hydroxylation is 1. The molecule has 0 aliphatic rings. The number of nitrogens with zero attached hydrogens (tertiary/aromatic N) is 2. The molecule has 0 aliphatic heterocycles. The van der Waals surface area contributed by atoms with Crippen molar-refractivity contribution in [2.75, 3.05) is 13.7 Å². The van der Waals surface area contributed by atoms with Crippen molar-refractivity contribution in [1.29, 1.82) is 0 Å². The van der Waals surface area contributed by atoms with E-state index in [4.69, 9.17) is 4.74 Å². The Kier molecular flexibility index (Phi) is 4.52. The zero-order valence-corrected chi connectivity index (χ0v) is 11.2. The van der Waals surface area contributed by atoms with Gasteiger partial charge in [-0.25, -0.2) is 4.39 Å². The summed E-state index contributed by atoms with van der Waals surface area (Å²) in [4.78, 5) is 0. The molecule has 1 N–H and O–H groups in total. The van der Waals surface area contributed by atoms with Gasteiger partial charge in [-0.1, -0.05) is 12.1 Å². The number of rotatable bonds is 6. The number of methoxy groups -OCH3 is 1. The molecule has 1 aromatic heterocycles. The zero-order valence-electron chi connectivity index (χ0n) is 11.2. The highest BCUT2D eigenvalue weighted by atomic mass is 19.1. The molecule has 4 nitrogen and oxygen atoms in total. The minimum absolute atomic E-state index is 0.282. The Bertz CT molecular complexity index is 539. The molecule has 0 spiro atoms. The molecule has 0 fully saturated rings. The molecular formula is C14H18FN3O. The molecule has 5 heteroatoms. The molecule has 0 bridgehead atoms. The Balaban J connectivity index is 1.82. The van der Waals surface area contributed by atoms with Crippen molar-refractivity contribution in [2.24, 2.45) is 7.05 Å². The van der Waals surface area contributed by atoms with Crippen molar-refractivity contribution in [1.82, 2.24) is 15.1 Å². The molecular weight excluding hydrogens is 245 g/mol. The van der Waals surface area contributed by atoms with E-state index in [0.717, 1.165) is 18.7 Å².